The van der Waals surface area contributed by atoms with Gasteiger partial charge in [0.2, 0.25) is 5.78 Å². The average molecular weight is 406 g/mol. The number of rotatable bonds is 6. The second-order valence-corrected chi connectivity index (χ2v) is 8.83. The Morgan fingerprint density at radius 2 is 1.93 bits per heavy atom. The number of halogens is 3. The molecule has 0 radical (unpaired) electrons. The normalized spacial score (nSPS) is 14.9. The predicted octanol–water partition coefficient (Wildman–Crippen LogP) is 2.70. The van der Waals surface area contributed by atoms with Crippen LogP contribution in [0.25, 0.3) is 0 Å². The molecule has 27 heavy (non-hydrogen) atoms. The Hall–Kier alpha value is -2.10. The van der Waals surface area contributed by atoms with Crippen LogP contribution in [-0.4, -0.2) is 52.3 Å². The summed E-state index contributed by atoms with van der Waals surface area (Å²) in [5.74, 6) is -1.54. The molecule has 1 aliphatic rings. The number of hydrogen-bond acceptors (Lipinski definition) is 4. The lowest BCUT2D eigenvalue weighted by Gasteiger charge is -2.27. The molecule has 0 bridgehead atoms. The van der Waals surface area contributed by atoms with Gasteiger partial charge in [0.25, 0.3) is 10.0 Å². The predicted molar refractivity (Wildman–Crippen MR) is 93.7 cm³/mol. The lowest BCUT2D eigenvalue weighted by atomic mass is 9.79. The van der Waals surface area contributed by atoms with Crippen LogP contribution in [0.4, 0.5) is 13.2 Å². The number of carbonyl (C=O) groups is 1. The highest BCUT2D eigenvalue weighted by Crippen LogP contribution is 2.42. The summed E-state index contributed by atoms with van der Waals surface area (Å²) in [5, 5.41) is 0. The smallest absolute Gasteiger partial charge is 0.450 e. The maximum Gasteiger partial charge on any atom is 0.450 e. The Bertz CT molecular complexity index is 875. The zero-order valence-corrected chi connectivity index (χ0v) is 16.2. The van der Waals surface area contributed by atoms with E-state index >= 15 is 0 Å². The van der Waals surface area contributed by atoms with Gasteiger partial charge in [0.15, 0.2) is 0 Å². The number of fused-ring (bicyclic) bond motifs is 1. The van der Waals surface area contributed by atoms with Crippen molar-refractivity contribution < 1.29 is 31.1 Å². The monoisotopic (exact) mass is 406 g/mol. The molecular weight excluding hydrogens is 385 g/mol. The Morgan fingerprint density at radius 3 is 2.48 bits per heavy atom. The van der Waals surface area contributed by atoms with Crippen molar-refractivity contribution in [2.75, 3.05) is 20.7 Å². The molecule has 0 amide bonds. The van der Waals surface area contributed by atoms with E-state index in [1.807, 2.05) is 0 Å². The number of ether oxygens (including phenoxy) is 1. The standard InChI is InChI=1S/C17H21F3N2O4S/c1-16(2,9-14(23)17(18,19)20)13-8-12(7-11-5-6-26-15(11)13)27(24,25)21-10-22(3)4/h7-8,10H,5-6,9H2,1-4H3/b21-10+. The molecule has 0 fully saturated rings. The van der Waals surface area contributed by atoms with Crippen LogP contribution in [0.5, 0.6) is 5.75 Å². The molecule has 0 spiro atoms. The van der Waals surface area contributed by atoms with Gasteiger partial charge in [-0.3, -0.25) is 4.79 Å². The minimum atomic E-state index is -4.96. The third-order valence-electron chi connectivity index (χ3n) is 4.12. The van der Waals surface area contributed by atoms with E-state index in [1.54, 1.807) is 14.1 Å². The number of sulfonamides is 1. The lowest BCUT2D eigenvalue weighted by Crippen LogP contribution is -2.31. The molecule has 0 unspecified atom stereocenters. The van der Waals surface area contributed by atoms with Gasteiger partial charge >= 0.3 is 6.18 Å². The van der Waals surface area contributed by atoms with Crippen molar-refractivity contribution in [3.8, 4) is 5.75 Å². The van der Waals surface area contributed by atoms with E-state index < -0.39 is 33.8 Å². The molecule has 0 saturated heterocycles. The van der Waals surface area contributed by atoms with Crippen molar-refractivity contribution in [3.63, 3.8) is 0 Å². The van der Waals surface area contributed by atoms with Gasteiger partial charge in [0, 0.05) is 37.9 Å². The third kappa shape index (κ3) is 4.79. The van der Waals surface area contributed by atoms with E-state index in [0.29, 0.717) is 17.7 Å². The SMILES string of the molecule is CN(C)/C=N/S(=O)(=O)c1cc2c(c(C(C)(C)CC(=O)C(F)(F)F)c1)OCC2. The summed E-state index contributed by atoms with van der Waals surface area (Å²) in [4.78, 5) is 12.8. The zero-order valence-electron chi connectivity index (χ0n) is 15.4. The van der Waals surface area contributed by atoms with Crippen molar-refractivity contribution in [1.29, 1.82) is 0 Å². The minimum absolute atomic E-state index is 0.146. The number of carbonyl (C=O) groups excluding carboxylic acids is 1. The Kier molecular flexibility index (Phi) is 5.61. The summed E-state index contributed by atoms with van der Waals surface area (Å²) in [5.41, 5.74) is -0.468. The van der Waals surface area contributed by atoms with Crippen LogP contribution in [0.3, 0.4) is 0 Å². The first-order chi connectivity index (χ1) is 12.2. The summed E-state index contributed by atoms with van der Waals surface area (Å²) >= 11 is 0. The number of nitrogens with zero attached hydrogens (tertiary/aromatic N) is 2. The number of hydrogen-bond donors (Lipinski definition) is 0. The van der Waals surface area contributed by atoms with Crippen LogP contribution in [-0.2, 0) is 26.7 Å². The number of Topliss-reactive ketones (excluding diaryl/α,β-unsaturated/α-hetero) is 1. The van der Waals surface area contributed by atoms with E-state index in [9.17, 15) is 26.4 Å². The molecule has 1 heterocycles. The zero-order chi connectivity index (χ0) is 20.6. The van der Waals surface area contributed by atoms with Crippen LogP contribution < -0.4 is 4.74 Å². The molecule has 1 aromatic carbocycles. The fraction of sp³-hybridized carbons (Fsp3) is 0.529. The van der Waals surface area contributed by atoms with Gasteiger partial charge in [0.1, 0.15) is 12.1 Å². The topological polar surface area (TPSA) is 76.0 Å². The maximum absolute atomic E-state index is 12.7. The summed E-state index contributed by atoms with van der Waals surface area (Å²) in [7, 11) is -0.843. The van der Waals surface area contributed by atoms with Crippen molar-refractivity contribution in [3.05, 3.63) is 23.3 Å². The highest BCUT2D eigenvalue weighted by atomic mass is 32.2. The first-order valence-electron chi connectivity index (χ1n) is 8.11. The van der Waals surface area contributed by atoms with Crippen molar-refractivity contribution in [2.24, 2.45) is 4.40 Å². The molecule has 0 aliphatic carbocycles. The second-order valence-electron chi connectivity index (χ2n) is 7.20. The van der Waals surface area contributed by atoms with E-state index in [0.717, 1.165) is 6.34 Å². The van der Waals surface area contributed by atoms with Crippen molar-refractivity contribution in [2.45, 2.75) is 43.2 Å². The average Bonchev–Trinajstić information content (AvgIpc) is 2.99. The van der Waals surface area contributed by atoms with Gasteiger partial charge < -0.3 is 9.64 Å². The van der Waals surface area contributed by atoms with Gasteiger partial charge in [-0.05, 0) is 17.7 Å². The highest BCUT2D eigenvalue weighted by Gasteiger charge is 2.43. The van der Waals surface area contributed by atoms with Gasteiger partial charge in [-0.25, -0.2) is 0 Å². The first kappa shape index (κ1) is 21.2. The van der Waals surface area contributed by atoms with E-state index in [2.05, 4.69) is 4.40 Å². The fourth-order valence-corrected chi connectivity index (χ4v) is 3.74. The first-order valence-corrected chi connectivity index (χ1v) is 9.55. The second kappa shape index (κ2) is 7.14. The fourth-order valence-electron chi connectivity index (χ4n) is 2.74. The van der Waals surface area contributed by atoms with Crippen LogP contribution in [0.1, 0.15) is 31.4 Å². The molecule has 0 atom stereocenters. The highest BCUT2D eigenvalue weighted by molar-refractivity contribution is 7.90. The van der Waals surface area contributed by atoms with Gasteiger partial charge in [-0.1, -0.05) is 13.8 Å². The maximum atomic E-state index is 12.7. The van der Waals surface area contributed by atoms with E-state index in [-0.39, 0.29) is 17.1 Å². The summed E-state index contributed by atoms with van der Waals surface area (Å²) < 4.78 is 72.2. The lowest BCUT2D eigenvalue weighted by molar-refractivity contribution is -0.172. The Balaban J connectivity index is 2.54. The van der Waals surface area contributed by atoms with Gasteiger partial charge in [0.05, 0.1) is 11.5 Å². The molecule has 0 N–H and O–H groups in total. The Morgan fingerprint density at radius 1 is 1.30 bits per heavy atom. The van der Waals surface area contributed by atoms with Crippen LogP contribution in [0.15, 0.2) is 21.4 Å². The minimum Gasteiger partial charge on any atom is -0.493 e. The van der Waals surface area contributed by atoms with Crippen molar-refractivity contribution >= 4 is 22.1 Å². The van der Waals surface area contributed by atoms with Gasteiger partial charge in [-0.2, -0.15) is 21.6 Å². The number of ketones is 1. The van der Waals surface area contributed by atoms with E-state index in [1.165, 1.54) is 30.9 Å². The molecular formula is C17H21F3N2O4S. The molecule has 1 aromatic rings. The molecule has 10 heteroatoms. The largest absolute Gasteiger partial charge is 0.493 e. The van der Waals surface area contributed by atoms with E-state index in [4.69, 9.17) is 4.74 Å². The van der Waals surface area contributed by atoms with Crippen molar-refractivity contribution in [1.82, 2.24) is 4.90 Å². The van der Waals surface area contributed by atoms with Gasteiger partial charge in [-0.15, -0.1) is 4.40 Å². The summed E-state index contributed by atoms with van der Waals surface area (Å²) in [6, 6.07) is 2.66. The molecule has 6 nitrogen and oxygen atoms in total. The molecule has 0 aromatic heterocycles. The molecule has 1 aliphatic heterocycles. The van der Waals surface area contributed by atoms with Crippen LogP contribution in [0.2, 0.25) is 0 Å². The summed E-state index contributed by atoms with van der Waals surface area (Å²) in [6.45, 7) is 3.19. The summed E-state index contributed by atoms with van der Waals surface area (Å²) in [6.07, 6.45) is -4.23. The molecule has 0 saturated carbocycles. The number of benzene rings is 1. The van der Waals surface area contributed by atoms with Crippen LogP contribution in [0, 0.1) is 0 Å². The third-order valence-corrected chi connectivity index (χ3v) is 5.32. The molecule has 2 rings (SSSR count). The quantitative estimate of drug-likeness (QED) is 0.536. The Labute approximate surface area is 156 Å². The van der Waals surface area contributed by atoms with Crippen LogP contribution >= 0.6 is 0 Å². The molecule has 150 valence electrons. The number of alkyl halides is 3.